The van der Waals surface area contributed by atoms with Crippen molar-refractivity contribution in [3.8, 4) is 0 Å². The van der Waals surface area contributed by atoms with Crippen LogP contribution >= 0.6 is 11.8 Å². The zero-order valence-corrected chi connectivity index (χ0v) is 19.5. The van der Waals surface area contributed by atoms with E-state index in [2.05, 4.69) is 27.0 Å². The van der Waals surface area contributed by atoms with Gasteiger partial charge in [0, 0.05) is 11.3 Å². The quantitative estimate of drug-likeness (QED) is 0.208. The Morgan fingerprint density at radius 3 is 2.65 bits per heavy atom. The van der Waals surface area contributed by atoms with Gasteiger partial charge in [-0.2, -0.15) is 0 Å². The number of rotatable bonds is 9. The zero-order valence-electron chi connectivity index (χ0n) is 18.7. The van der Waals surface area contributed by atoms with Gasteiger partial charge in [-0.15, -0.1) is 11.8 Å². The lowest BCUT2D eigenvalue weighted by Crippen LogP contribution is -2.71. The average Bonchev–Trinajstić information content (AvgIpc) is 3.34. The van der Waals surface area contributed by atoms with Crippen LogP contribution in [0, 0.1) is 0 Å². The van der Waals surface area contributed by atoms with Crippen molar-refractivity contribution in [3.05, 3.63) is 35.4 Å². The first kappa shape index (κ1) is 26.7. The second-order valence-electron chi connectivity index (χ2n) is 6.97. The third kappa shape index (κ3) is 6.29. The number of hydrogen-bond acceptors (Lipinski definition) is 10. The summed E-state index contributed by atoms with van der Waals surface area (Å²) in [5.74, 6) is -2.38. The molecule has 34 heavy (non-hydrogen) atoms. The molecule has 0 radical (unpaired) electrons. The molecule has 2 atom stereocenters. The number of amides is 3. The number of nitrogens with two attached hydrogens (primary N) is 2. The maximum atomic E-state index is 12.6. The summed E-state index contributed by atoms with van der Waals surface area (Å²) in [5, 5.41) is 15.0. The lowest BCUT2D eigenvalue weighted by molar-refractivity contribution is -0.150. The number of ether oxygens (including phenoxy) is 1. The monoisotopic (exact) mass is 497 g/mol. The molecule has 6 N–H and O–H groups in total. The molecule has 3 amide bonds. The highest BCUT2D eigenvalue weighted by atomic mass is 32.2. The summed E-state index contributed by atoms with van der Waals surface area (Å²) in [5.41, 5.74) is 9.82. The Bertz CT molecular complexity index is 960. The van der Waals surface area contributed by atoms with Crippen LogP contribution in [0.2, 0.25) is 0 Å². The van der Waals surface area contributed by atoms with Crippen LogP contribution in [0.1, 0.15) is 25.5 Å². The first-order chi connectivity index (χ1) is 16.3. The van der Waals surface area contributed by atoms with Crippen LogP contribution in [0.5, 0.6) is 0 Å². The zero-order chi connectivity index (χ0) is 25.3. The van der Waals surface area contributed by atoms with Gasteiger partial charge in [0.05, 0.1) is 6.26 Å². The van der Waals surface area contributed by atoms with E-state index in [9.17, 15) is 24.3 Å². The van der Waals surface area contributed by atoms with Crippen LogP contribution in [0.15, 0.2) is 39.2 Å². The number of thioether (sulfide) groups is 1. The van der Waals surface area contributed by atoms with E-state index in [0.717, 1.165) is 11.4 Å². The molecule has 1 aromatic heterocycles. The van der Waals surface area contributed by atoms with Crippen molar-refractivity contribution in [2.75, 3.05) is 26.0 Å². The van der Waals surface area contributed by atoms with Crippen molar-refractivity contribution in [3.63, 3.8) is 0 Å². The smallest absolute Gasteiger partial charge is 0.404 e. The normalized spacial score (nSPS) is 19.3. The van der Waals surface area contributed by atoms with Crippen molar-refractivity contribution in [1.29, 1.82) is 0 Å². The van der Waals surface area contributed by atoms with Crippen LogP contribution in [-0.2, 0) is 24.0 Å². The molecule has 1 fully saturated rings. The Morgan fingerprint density at radius 2 is 2.15 bits per heavy atom. The van der Waals surface area contributed by atoms with E-state index in [-0.39, 0.29) is 35.1 Å². The van der Waals surface area contributed by atoms with E-state index < -0.39 is 35.3 Å². The van der Waals surface area contributed by atoms with Gasteiger partial charge in [0.25, 0.3) is 11.8 Å². The minimum absolute atomic E-state index is 0.140. The molecule has 3 heterocycles. The maximum absolute atomic E-state index is 12.6. The number of hydrogen-bond donors (Lipinski definition) is 4. The highest BCUT2D eigenvalue weighted by molar-refractivity contribution is 8.00. The number of carbonyl (C=O) groups is 4. The van der Waals surface area contributed by atoms with Gasteiger partial charge in [0.2, 0.25) is 5.71 Å². The molecule has 3 rings (SSSR count). The van der Waals surface area contributed by atoms with Crippen molar-refractivity contribution in [1.82, 2.24) is 10.2 Å². The van der Waals surface area contributed by atoms with Gasteiger partial charge >= 0.3 is 12.1 Å². The second-order valence-corrected chi connectivity index (χ2v) is 8.07. The van der Waals surface area contributed by atoms with Crippen LogP contribution in [0.25, 0.3) is 0 Å². The number of β-lactam (4-membered cyclic amide) rings is 1. The molecule has 0 aliphatic carbocycles. The fraction of sp³-hybridized carbons (Fsp3) is 0.450. The lowest BCUT2D eigenvalue weighted by Gasteiger charge is -2.49. The molecular formula is C20H27N5O8S. The van der Waals surface area contributed by atoms with E-state index >= 15 is 0 Å². The topological polar surface area (TPSA) is 200 Å². The summed E-state index contributed by atoms with van der Waals surface area (Å²) < 4.78 is 9.79. The highest BCUT2D eigenvalue weighted by Crippen LogP contribution is 2.40. The third-order valence-electron chi connectivity index (χ3n) is 4.63. The number of carbonyl (C=O) groups excluding carboxylic acids is 3. The number of furan rings is 1. The van der Waals surface area contributed by atoms with Gasteiger partial charge in [-0.25, -0.2) is 9.59 Å². The Balaban J connectivity index is 0.000000739. The number of unbranched alkanes of at least 4 members (excludes halogenated alkanes) is 1. The van der Waals surface area contributed by atoms with E-state index in [1.54, 1.807) is 6.07 Å². The summed E-state index contributed by atoms with van der Waals surface area (Å²) in [6.45, 7) is 2.63. The molecule has 0 saturated carbocycles. The molecule has 2 aliphatic rings. The molecule has 186 valence electrons. The molecule has 0 aromatic carbocycles. The van der Waals surface area contributed by atoms with Crippen LogP contribution < -0.4 is 16.8 Å². The van der Waals surface area contributed by atoms with E-state index in [4.69, 9.17) is 15.9 Å². The molecule has 1 aromatic rings. The standard InChI is InChI=1S/C16H16N4O8S.C4H11N/c1-26-19-9(8-3-2-4-27-8)12(21)18-10-13(22)20-11(15(23)24)7(5-28-16(17)25)6-29-14(10)20;1-2-3-4-5/h2-4,10,14H,5-6H2,1H3,(H2,17,25)(H,18,21)(H,23,24);2-5H2,1H3/b19-9+;/t10-,14-;/m1./s1. The Hall–Kier alpha value is -3.52. The van der Waals surface area contributed by atoms with Crippen molar-refractivity contribution in [2.24, 2.45) is 16.6 Å². The molecular weight excluding hydrogens is 470 g/mol. The number of nitrogens with one attached hydrogen (secondary N) is 1. The number of primary amides is 1. The van der Waals surface area contributed by atoms with Crippen molar-refractivity contribution < 1.29 is 38.3 Å². The summed E-state index contributed by atoms with van der Waals surface area (Å²) in [6.07, 6.45) is 2.68. The molecule has 13 nitrogen and oxygen atoms in total. The Labute approximate surface area is 199 Å². The highest BCUT2D eigenvalue weighted by Gasteiger charge is 2.54. The molecule has 0 bridgehead atoms. The van der Waals surface area contributed by atoms with Crippen molar-refractivity contribution >= 4 is 41.4 Å². The number of fused-ring (bicyclic) bond motifs is 1. The minimum Gasteiger partial charge on any atom is -0.477 e. The fourth-order valence-electron chi connectivity index (χ4n) is 3.07. The molecule has 14 heteroatoms. The van der Waals surface area contributed by atoms with Gasteiger partial charge in [-0.05, 0) is 25.1 Å². The number of carboxylic acid groups (broad SMARTS) is 1. The van der Waals surface area contributed by atoms with Crippen LogP contribution in [0.4, 0.5) is 4.79 Å². The minimum atomic E-state index is -1.35. The van der Waals surface area contributed by atoms with Gasteiger partial charge in [0.15, 0.2) is 5.76 Å². The summed E-state index contributed by atoms with van der Waals surface area (Å²) >= 11 is 1.21. The summed E-state index contributed by atoms with van der Waals surface area (Å²) in [4.78, 5) is 53.3. The van der Waals surface area contributed by atoms with Gasteiger partial charge < -0.3 is 35.9 Å². The Morgan fingerprint density at radius 1 is 1.41 bits per heavy atom. The predicted molar refractivity (Wildman–Crippen MR) is 121 cm³/mol. The van der Waals surface area contributed by atoms with E-state index in [0.29, 0.717) is 0 Å². The van der Waals surface area contributed by atoms with E-state index in [1.807, 2.05) is 0 Å². The first-order valence-electron chi connectivity index (χ1n) is 10.2. The Kier molecular flexibility index (Phi) is 9.94. The van der Waals surface area contributed by atoms with Crippen LogP contribution in [0.3, 0.4) is 0 Å². The van der Waals surface area contributed by atoms with Crippen LogP contribution in [-0.4, -0.2) is 77.0 Å². The molecule has 0 spiro atoms. The SMILES string of the molecule is CCCCN.CO/N=C(/C(=O)N[C@@H]1C(=O)N2C(C(=O)O)=C(COC(N)=O)CS[C@H]12)c1ccco1. The van der Waals surface area contributed by atoms with E-state index in [1.165, 1.54) is 44.0 Å². The van der Waals surface area contributed by atoms with Gasteiger partial charge in [-0.1, -0.05) is 18.5 Å². The number of nitrogens with zero attached hydrogens (tertiary/aromatic N) is 2. The van der Waals surface area contributed by atoms with Crippen molar-refractivity contribution in [2.45, 2.75) is 31.2 Å². The fourth-order valence-corrected chi connectivity index (χ4v) is 4.40. The van der Waals surface area contributed by atoms with Gasteiger partial charge in [-0.3, -0.25) is 14.5 Å². The largest absolute Gasteiger partial charge is 0.477 e. The number of aliphatic carboxylic acids is 1. The molecule has 0 unspecified atom stereocenters. The first-order valence-corrected chi connectivity index (χ1v) is 11.3. The molecule has 1 saturated heterocycles. The lowest BCUT2D eigenvalue weighted by atomic mass is 10.0. The summed E-state index contributed by atoms with van der Waals surface area (Å²) in [7, 11) is 1.25. The number of oxime groups is 1. The second kappa shape index (κ2) is 12.6. The average molecular weight is 498 g/mol. The molecule has 2 aliphatic heterocycles. The number of carboxylic acids is 1. The van der Waals surface area contributed by atoms with Gasteiger partial charge in [0.1, 0.15) is 30.8 Å². The maximum Gasteiger partial charge on any atom is 0.404 e. The predicted octanol–water partition coefficient (Wildman–Crippen LogP) is 0.209. The third-order valence-corrected chi connectivity index (χ3v) is 5.97. The summed E-state index contributed by atoms with van der Waals surface area (Å²) in [6, 6.07) is 2.08.